The quantitative estimate of drug-likeness (QED) is 0.448. The number of nitrogens with zero attached hydrogens (tertiary/aromatic N) is 1. The summed E-state index contributed by atoms with van der Waals surface area (Å²) < 4.78 is 0. The summed E-state index contributed by atoms with van der Waals surface area (Å²) in [5.41, 5.74) is 5.20. The van der Waals surface area contributed by atoms with Crippen LogP contribution in [-0.4, -0.2) is 10.9 Å². The van der Waals surface area contributed by atoms with Crippen LogP contribution in [0.2, 0.25) is 0 Å². The van der Waals surface area contributed by atoms with E-state index in [2.05, 4.69) is 15.7 Å². The number of thioether (sulfide) groups is 1. The minimum atomic E-state index is -0.0688. The van der Waals surface area contributed by atoms with Gasteiger partial charge in [-0.25, -0.2) is 0 Å². The number of aromatic nitrogens is 1. The van der Waals surface area contributed by atoms with Crippen molar-refractivity contribution >= 4 is 29.0 Å². The second-order valence-electron chi connectivity index (χ2n) is 4.17. The van der Waals surface area contributed by atoms with E-state index in [1.807, 2.05) is 36.4 Å². The summed E-state index contributed by atoms with van der Waals surface area (Å²) in [4.78, 5) is 16.3. The summed E-state index contributed by atoms with van der Waals surface area (Å²) in [6, 6.07) is 11.4. The van der Waals surface area contributed by atoms with Crippen molar-refractivity contribution in [2.45, 2.75) is 17.6 Å². The fraction of sp³-hybridized carbons (Fsp3) is 0.143. The topological polar surface area (TPSA) is 80.0 Å². The van der Waals surface area contributed by atoms with Crippen molar-refractivity contribution in [1.82, 2.24) is 4.98 Å². The minimum Gasteiger partial charge on any atom is -0.326 e. The molecule has 0 saturated heterocycles. The molecule has 0 aliphatic rings. The summed E-state index contributed by atoms with van der Waals surface area (Å²) >= 11 is 1.68. The number of nitrogens with two attached hydrogens (primary N) is 1. The number of hydrogen-bond donors (Lipinski definition) is 3. The van der Waals surface area contributed by atoms with Gasteiger partial charge in [-0.15, -0.1) is 11.8 Å². The van der Waals surface area contributed by atoms with Gasteiger partial charge < -0.3 is 10.7 Å². The summed E-state index contributed by atoms with van der Waals surface area (Å²) in [6.45, 7) is 1.49. The van der Waals surface area contributed by atoms with Crippen molar-refractivity contribution < 1.29 is 4.79 Å². The highest BCUT2D eigenvalue weighted by Gasteiger charge is 2.00. The highest BCUT2D eigenvalue weighted by Crippen LogP contribution is 2.24. The average Bonchev–Trinajstić information content (AvgIpc) is 2.46. The lowest BCUT2D eigenvalue weighted by Gasteiger charge is -2.05. The summed E-state index contributed by atoms with van der Waals surface area (Å²) in [6.07, 6.45) is 1.73. The SMILES string of the molecule is CC(=O)Nc1ccc(SCc2cc(NN)ccn2)cc1. The first-order chi connectivity index (χ1) is 9.67. The molecule has 0 unspecified atom stereocenters. The molecular formula is C14H16N4OS. The zero-order chi connectivity index (χ0) is 14.4. The van der Waals surface area contributed by atoms with Gasteiger partial charge in [0.2, 0.25) is 5.91 Å². The number of hydrazine groups is 1. The van der Waals surface area contributed by atoms with Crippen LogP contribution < -0.4 is 16.6 Å². The number of amides is 1. The zero-order valence-electron chi connectivity index (χ0n) is 11.1. The fourth-order valence-corrected chi connectivity index (χ4v) is 2.44. The average molecular weight is 288 g/mol. The van der Waals surface area contributed by atoms with E-state index in [9.17, 15) is 4.79 Å². The third-order valence-electron chi connectivity index (χ3n) is 2.54. The van der Waals surface area contributed by atoms with Gasteiger partial charge in [0.05, 0.1) is 11.4 Å². The molecule has 4 N–H and O–H groups in total. The number of nitrogen functional groups attached to an aromatic ring is 1. The molecule has 0 bridgehead atoms. The van der Waals surface area contributed by atoms with Gasteiger partial charge in [-0.3, -0.25) is 15.6 Å². The number of carbonyl (C=O) groups is 1. The lowest BCUT2D eigenvalue weighted by molar-refractivity contribution is -0.114. The molecule has 0 radical (unpaired) electrons. The monoisotopic (exact) mass is 288 g/mol. The second kappa shape index (κ2) is 6.93. The summed E-state index contributed by atoms with van der Waals surface area (Å²) in [5.74, 6) is 6.05. The van der Waals surface area contributed by atoms with E-state index in [0.717, 1.165) is 27.7 Å². The van der Waals surface area contributed by atoms with Gasteiger partial charge in [-0.1, -0.05) is 0 Å². The van der Waals surface area contributed by atoms with E-state index >= 15 is 0 Å². The molecule has 1 amide bonds. The summed E-state index contributed by atoms with van der Waals surface area (Å²) in [7, 11) is 0. The Kier molecular flexibility index (Phi) is 4.97. The Balaban J connectivity index is 1.94. The highest BCUT2D eigenvalue weighted by molar-refractivity contribution is 7.98. The van der Waals surface area contributed by atoms with Crippen LogP contribution in [0, 0.1) is 0 Å². The van der Waals surface area contributed by atoms with Crippen LogP contribution >= 0.6 is 11.8 Å². The number of nitrogens with one attached hydrogen (secondary N) is 2. The van der Waals surface area contributed by atoms with Gasteiger partial charge in [0.15, 0.2) is 0 Å². The minimum absolute atomic E-state index is 0.0688. The Bertz CT molecular complexity index is 586. The Morgan fingerprint density at radius 2 is 2.00 bits per heavy atom. The molecule has 104 valence electrons. The lowest BCUT2D eigenvalue weighted by Crippen LogP contribution is -2.07. The van der Waals surface area contributed by atoms with Crippen LogP contribution in [0.15, 0.2) is 47.5 Å². The first kappa shape index (κ1) is 14.4. The first-order valence-electron chi connectivity index (χ1n) is 6.09. The largest absolute Gasteiger partial charge is 0.326 e. The van der Waals surface area contributed by atoms with Crippen molar-refractivity contribution in [3.8, 4) is 0 Å². The van der Waals surface area contributed by atoms with Gasteiger partial charge in [-0.2, -0.15) is 0 Å². The predicted octanol–water partition coefficient (Wildman–Crippen LogP) is 2.62. The van der Waals surface area contributed by atoms with Gasteiger partial charge in [-0.05, 0) is 36.4 Å². The van der Waals surface area contributed by atoms with Crippen molar-refractivity contribution in [2.24, 2.45) is 5.84 Å². The van der Waals surface area contributed by atoms with E-state index in [-0.39, 0.29) is 5.91 Å². The second-order valence-corrected chi connectivity index (χ2v) is 5.22. The Hall–Kier alpha value is -2.05. The van der Waals surface area contributed by atoms with Crippen molar-refractivity contribution in [3.05, 3.63) is 48.3 Å². The van der Waals surface area contributed by atoms with E-state index in [1.165, 1.54) is 6.92 Å². The smallest absolute Gasteiger partial charge is 0.221 e. The molecule has 0 aliphatic carbocycles. The molecule has 20 heavy (non-hydrogen) atoms. The maximum Gasteiger partial charge on any atom is 0.221 e. The van der Waals surface area contributed by atoms with Gasteiger partial charge in [0.25, 0.3) is 0 Å². The Morgan fingerprint density at radius 3 is 2.65 bits per heavy atom. The maximum absolute atomic E-state index is 10.9. The van der Waals surface area contributed by atoms with Crippen LogP contribution in [0.3, 0.4) is 0 Å². The van der Waals surface area contributed by atoms with Crippen molar-refractivity contribution in [2.75, 3.05) is 10.7 Å². The Morgan fingerprint density at radius 1 is 1.25 bits per heavy atom. The molecule has 5 nitrogen and oxygen atoms in total. The van der Waals surface area contributed by atoms with Gasteiger partial charge in [0.1, 0.15) is 0 Å². The molecular weight excluding hydrogens is 272 g/mol. The van der Waals surface area contributed by atoms with Crippen LogP contribution in [0.1, 0.15) is 12.6 Å². The third-order valence-corrected chi connectivity index (χ3v) is 3.59. The van der Waals surface area contributed by atoms with E-state index in [4.69, 9.17) is 5.84 Å². The molecule has 0 saturated carbocycles. The van der Waals surface area contributed by atoms with Crippen LogP contribution in [0.5, 0.6) is 0 Å². The standard InChI is InChI=1S/C14H16N4OS/c1-10(19)17-11-2-4-14(5-3-11)20-9-13-8-12(18-15)6-7-16-13/h2-8H,9,15H2,1H3,(H,16,18)(H,17,19). The molecule has 2 aromatic rings. The molecule has 2 rings (SSSR count). The molecule has 0 spiro atoms. The molecule has 6 heteroatoms. The fourth-order valence-electron chi connectivity index (χ4n) is 1.64. The molecule has 1 aromatic heterocycles. The molecule has 1 aromatic carbocycles. The molecule has 0 atom stereocenters. The first-order valence-corrected chi connectivity index (χ1v) is 7.08. The van der Waals surface area contributed by atoms with Crippen molar-refractivity contribution in [1.29, 1.82) is 0 Å². The van der Waals surface area contributed by atoms with E-state index in [1.54, 1.807) is 18.0 Å². The summed E-state index contributed by atoms with van der Waals surface area (Å²) in [5, 5.41) is 2.74. The number of pyridine rings is 1. The molecule has 1 heterocycles. The Labute approximate surface area is 121 Å². The van der Waals surface area contributed by atoms with Gasteiger partial charge in [0, 0.05) is 29.5 Å². The zero-order valence-corrected chi connectivity index (χ0v) is 11.9. The number of benzene rings is 1. The van der Waals surface area contributed by atoms with Gasteiger partial charge >= 0.3 is 0 Å². The third kappa shape index (κ3) is 4.25. The highest BCUT2D eigenvalue weighted by atomic mass is 32.2. The molecule has 0 aliphatic heterocycles. The van der Waals surface area contributed by atoms with E-state index < -0.39 is 0 Å². The maximum atomic E-state index is 10.9. The normalized spacial score (nSPS) is 10.1. The number of rotatable bonds is 5. The van der Waals surface area contributed by atoms with Crippen LogP contribution in [0.4, 0.5) is 11.4 Å². The van der Waals surface area contributed by atoms with Crippen LogP contribution in [0.25, 0.3) is 0 Å². The van der Waals surface area contributed by atoms with Crippen LogP contribution in [-0.2, 0) is 10.5 Å². The number of carbonyl (C=O) groups excluding carboxylic acids is 1. The lowest BCUT2D eigenvalue weighted by atomic mass is 10.3. The molecule has 0 fully saturated rings. The number of anilines is 2. The predicted molar refractivity (Wildman–Crippen MR) is 82.4 cm³/mol. The number of hydrogen-bond acceptors (Lipinski definition) is 5. The van der Waals surface area contributed by atoms with E-state index in [0.29, 0.717) is 0 Å². The van der Waals surface area contributed by atoms with Crippen molar-refractivity contribution in [3.63, 3.8) is 0 Å².